The topological polar surface area (TPSA) is 109 Å². The van der Waals surface area contributed by atoms with Gasteiger partial charge in [-0.05, 0) is 57.4 Å². The van der Waals surface area contributed by atoms with Crippen LogP contribution in [-0.2, 0) is 11.2 Å². The monoisotopic (exact) mass is 943 g/mol. The number of hydrogen-bond donors (Lipinski definition) is 0. The average molecular weight is 943 g/mol. The Kier molecular flexibility index (Phi) is 25.0. The third-order valence-electron chi connectivity index (χ3n) is 11.2. The highest BCUT2D eigenvalue weighted by Crippen LogP contribution is 2.50. The SMILES string of the molecule is CCCCOc1cc(OCCCC)c2c(c1)O[C@@H](c1cc(OCCCC)c(OCCCC)c(OCCCC)c1F)[C@H](OC(=O)c1cc(OCCCC)c(OCCCC)c(OCCCC)c1F)C2. The number of halogens is 2. The van der Waals surface area contributed by atoms with Crippen LogP contribution in [0.2, 0.25) is 0 Å². The molecule has 13 heteroatoms. The van der Waals surface area contributed by atoms with Gasteiger partial charge < -0.3 is 47.4 Å². The van der Waals surface area contributed by atoms with Crippen molar-refractivity contribution in [2.75, 3.05) is 52.9 Å². The van der Waals surface area contributed by atoms with E-state index < -0.39 is 35.4 Å². The Morgan fingerprint density at radius 2 is 0.896 bits per heavy atom. The van der Waals surface area contributed by atoms with Crippen molar-refractivity contribution in [3.8, 4) is 51.7 Å². The van der Waals surface area contributed by atoms with E-state index in [4.69, 9.17) is 47.4 Å². The highest BCUT2D eigenvalue weighted by Gasteiger charge is 2.41. The van der Waals surface area contributed by atoms with Crippen LogP contribution in [0.25, 0.3) is 0 Å². The molecule has 0 amide bonds. The number of esters is 1. The second kappa shape index (κ2) is 30.5. The summed E-state index contributed by atoms with van der Waals surface area (Å²) in [6.45, 7) is 18.9. The average Bonchev–Trinajstić information content (AvgIpc) is 3.32. The summed E-state index contributed by atoms with van der Waals surface area (Å²) in [4.78, 5) is 14.7. The van der Waals surface area contributed by atoms with Crippen LogP contribution in [0.4, 0.5) is 8.78 Å². The van der Waals surface area contributed by atoms with Gasteiger partial charge in [-0.15, -0.1) is 0 Å². The molecule has 0 radical (unpaired) electrons. The molecule has 0 aromatic heterocycles. The third kappa shape index (κ3) is 16.2. The number of rotatable bonds is 35. The van der Waals surface area contributed by atoms with Gasteiger partial charge in [0.15, 0.2) is 29.2 Å². The fourth-order valence-corrected chi connectivity index (χ4v) is 7.10. The summed E-state index contributed by atoms with van der Waals surface area (Å²) in [5.74, 6) is -0.943. The van der Waals surface area contributed by atoms with Crippen molar-refractivity contribution in [2.24, 2.45) is 0 Å². The van der Waals surface area contributed by atoms with Crippen molar-refractivity contribution < 1.29 is 60.9 Å². The number of carbonyl (C=O) groups excluding carboxylic acids is 1. The van der Waals surface area contributed by atoms with E-state index in [9.17, 15) is 4.79 Å². The van der Waals surface area contributed by atoms with Crippen LogP contribution in [-0.4, -0.2) is 64.9 Å². The molecule has 1 heterocycles. The maximum absolute atomic E-state index is 17.6. The fraction of sp³-hybridized carbons (Fsp3) is 0.648. The molecule has 0 unspecified atom stereocenters. The van der Waals surface area contributed by atoms with Crippen LogP contribution in [0.3, 0.4) is 0 Å². The van der Waals surface area contributed by atoms with E-state index in [0.717, 1.165) is 77.0 Å². The number of carbonyl (C=O) groups is 1. The molecule has 11 nitrogen and oxygen atoms in total. The Bertz CT molecular complexity index is 1920. The van der Waals surface area contributed by atoms with E-state index >= 15 is 8.78 Å². The Hall–Kier alpha value is -4.81. The van der Waals surface area contributed by atoms with E-state index in [0.29, 0.717) is 88.1 Å². The van der Waals surface area contributed by atoms with Crippen molar-refractivity contribution in [3.63, 3.8) is 0 Å². The van der Waals surface area contributed by atoms with Crippen molar-refractivity contribution in [3.05, 3.63) is 52.6 Å². The molecule has 0 aliphatic carbocycles. The molecule has 67 heavy (non-hydrogen) atoms. The lowest BCUT2D eigenvalue weighted by Crippen LogP contribution is -2.36. The second-order valence-electron chi connectivity index (χ2n) is 17.0. The quantitative estimate of drug-likeness (QED) is 0.0415. The molecule has 1 aliphatic rings. The summed E-state index contributed by atoms with van der Waals surface area (Å²) in [6.07, 6.45) is 10.3. The first kappa shape index (κ1) is 54.8. The van der Waals surface area contributed by atoms with E-state index in [1.807, 2.05) is 40.7 Å². The third-order valence-corrected chi connectivity index (χ3v) is 11.2. The van der Waals surface area contributed by atoms with Crippen LogP contribution in [0.5, 0.6) is 51.7 Å². The number of benzene rings is 3. The van der Waals surface area contributed by atoms with Crippen LogP contribution in [0.1, 0.15) is 186 Å². The number of hydrogen-bond acceptors (Lipinski definition) is 11. The zero-order valence-electron chi connectivity index (χ0n) is 41.9. The minimum absolute atomic E-state index is 0.0161. The van der Waals surface area contributed by atoms with Crippen molar-refractivity contribution in [1.29, 1.82) is 0 Å². The Labute approximate surface area is 399 Å². The van der Waals surface area contributed by atoms with Gasteiger partial charge in [0.1, 0.15) is 28.9 Å². The minimum Gasteiger partial charge on any atom is -0.493 e. The molecule has 376 valence electrons. The Morgan fingerprint density at radius 1 is 0.493 bits per heavy atom. The molecule has 4 rings (SSSR count). The largest absolute Gasteiger partial charge is 0.493 e. The lowest BCUT2D eigenvalue weighted by Gasteiger charge is -2.35. The molecule has 2 atom stereocenters. The van der Waals surface area contributed by atoms with E-state index in [-0.39, 0.29) is 59.7 Å². The van der Waals surface area contributed by atoms with Gasteiger partial charge >= 0.3 is 5.97 Å². The zero-order valence-corrected chi connectivity index (χ0v) is 41.9. The van der Waals surface area contributed by atoms with Gasteiger partial charge in [0.25, 0.3) is 0 Å². The lowest BCUT2D eigenvalue weighted by molar-refractivity contribution is -0.0206. The molecule has 3 aromatic carbocycles. The van der Waals surface area contributed by atoms with Gasteiger partial charge in [0.05, 0.1) is 52.9 Å². The lowest BCUT2D eigenvalue weighted by atomic mass is 9.92. The maximum atomic E-state index is 17.6. The molecule has 3 aromatic rings. The molecule has 0 N–H and O–H groups in total. The van der Waals surface area contributed by atoms with E-state index in [1.54, 1.807) is 12.1 Å². The molecular formula is C54H80F2O11. The molecule has 0 spiro atoms. The molecular weight excluding hydrogens is 863 g/mol. The van der Waals surface area contributed by atoms with Gasteiger partial charge in [-0.1, -0.05) is 107 Å². The molecule has 0 bridgehead atoms. The molecule has 0 fully saturated rings. The van der Waals surface area contributed by atoms with Gasteiger partial charge in [0.2, 0.25) is 23.0 Å². The van der Waals surface area contributed by atoms with Gasteiger partial charge in [-0.2, -0.15) is 0 Å². The fourth-order valence-electron chi connectivity index (χ4n) is 7.10. The molecule has 0 saturated carbocycles. The van der Waals surface area contributed by atoms with Crippen LogP contribution < -0.4 is 42.6 Å². The summed E-state index contributed by atoms with van der Waals surface area (Å²) >= 11 is 0. The van der Waals surface area contributed by atoms with E-state index in [2.05, 4.69) is 20.8 Å². The highest BCUT2D eigenvalue weighted by atomic mass is 19.1. The predicted molar refractivity (Wildman–Crippen MR) is 259 cm³/mol. The summed E-state index contributed by atoms with van der Waals surface area (Å²) < 4.78 is 97.6. The van der Waals surface area contributed by atoms with Gasteiger partial charge in [-0.3, -0.25) is 0 Å². The first-order valence-corrected chi connectivity index (χ1v) is 25.5. The number of fused-ring (bicyclic) bond motifs is 1. The van der Waals surface area contributed by atoms with Crippen LogP contribution >= 0.6 is 0 Å². The molecule has 1 aliphatic heterocycles. The summed E-state index contributed by atoms with van der Waals surface area (Å²) in [5, 5.41) is 0. The highest BCUT2D eigenvalue weighted by molar-refractivity contribution is 5.92. The number of ether oxygens (including phenoxy) is 10. The normalized spacial score (nSPS) is 14.2. The van der Waals surface area contributed by atoms with Gasteiger partial charge in [0, 0.05) is 35.7 Å². The predicted octanol–water partition coefficient (Wildman–Crippen LogP) is 14.3. The van der Waals surface area contributed by atoms with Crippen molar-refractivity contribution in [2.45, 2.75) is 177 Å². The van der Waals surface area contributed by atoms with Gasteiger partial charge in [-0.25, -0.2) is 13.6 Å². The first-order chi connectivity index (χ1) is 32.7. The standard InChI is InChI=1S/C54H80F2O11/c1-9-17-25-58-38-33-42(59-26-18-10-2)39-35-46(67-54(57)41-37-45(61-28-20-12-4)51(63-30-22-14-6)53(48(41)56)65-32-24-16-8)49(66-43(39)34-38)40-36-44(60-27-19-11-3)50(62-29-21-13-5)52(47(40)55)64-31-23-15-7/h33-34,36-37,46,49H,9-32,35H2,1-8H3/t46-,49+/m1/s1. The summed E-state index contributed by atoms with van der Waals surface area (Å²) in [7, 11) is 0. The smallest absolute Gasteiger partial charge is 0.341 e. The van der Waals surface area contributed by atoms with Crippen LogP contribution in [0.15, 0.2) is 24.3 Å². The minimum atomic E-state index is -1.28. The van der Waals surface area contributed by atoms with Crippen LogP contribution in [0, 0.1) is 11.6 Å². The molecule has 0 saturated heterocycles. The maximum Gasteiger partial charge on any atom is 0.341 e. The van der Waals surface area contributed by atoms with Crippen molar-refractivity contribution in [1.82, 2.24) is 0 Å². The first-order valence-electron chi connectivity index (χ1n) is 25.5. The summed E-state index contributed by atoms with van der Waals surface area (Å²) in [5.41, 5.74) is 0.193. The summed E-state index contributed by atoms with van der Waals surface area (Å²) in [6, 6.07) is 6.44. The Morgan fingerprint density at radius 3 is 1.37 bits per heavy atom. The van der Waals surface area contributed by atoms with Crippen molar-refractivity contribution >= 4 is 5.97 Å². The zero-order chi connectivity index (χ0) is 48.4. The number of unbranched alkanes of at least 4 members (excludes halogenated alkanes) is 8. The Balaban J connectivity index is 1.96. The second-order valence-corrected chi connectivity index (χ2v) is 17.0. The van der Waals surface area contributed by atoms with E-state index in [1.165, 1.54) is 6.07 Å².